The second kappa shape index (κ2) is 18.2. The van der Waals surface area contributed by atoms with E-state index in [1.807, 2.05) is 36.4 Å². The zero-order chi connectivity index (χ0) is 32.6. The van der Waals surface area contributed by atoms with Gasteiger partial charge in [-0.3, -0.25) is 10.1 Å². The van der Waals surface area contributed by atoms with E-state index in [1.165, 1.54) is 38.2 Å². The van der Waals surface area contributed by atoms with Crippen molar-refractivity contribution in [2.24, 2.45) is 4.99 Å². The van der Waals surface area contributed by atoms with Crippen LogP contribution >= 0.6 is 23.5 Å². The van der Waals surface area contributed by atoms with Crippen LogP contribution in [0.15, 0.2) is 105 Å². The fourth-order valence-electron chi connectivity index (χ4n) is 5.16. The van der Waals surface area contributed by atoms with Crippen molar-refractivity contribution in [1.82, 2.24) is 29.1 Å². The summed E-state index contributed by atoms with van der Waals surface area (Å²) < 4.78 is 27.7. The number of hydrogen-bond acceptors (Lipinski definition) is 9. The van der Waals surface area contributed by atoms with Gasteiger partial charge in [-0.2, -0.15) is 5.10 Å². The van der Waals surface area contributed by atoms with E-state index in [9.17, 15) is 8.42 Å². The zero-order valence-corrected chi connectivity index (χ0v) is 32.3. The number of H-pyrrole nitrogens is 2. The maximum Gasteiger partial charge on any atom is 1.00 e. The van der Waals surface area contributed by atoms with Crippen molar-refractivity contribution in [3.05, 3.63) is 91.3 Å². The summed E-state index contributed by atoms with van der Waals surface area (Å²) in [4.78, 5) is 19.0. The number of aromatic nitrogens is 6. The average Bonchev–Trinajstić information content (AvgIpc) is 3.92. The van der Waals surface area contributed by atoms with Gasteiger partial charge in [0.25, 0.3) is 10.0 Å². The van der Waals surface area contributed by atoms with Gasteiger partial charge in [-0.05, 0) is 54.2 Å². The number of thioether (sulfide) groups is 2. The number of benzene rings is 1. The summed E-state index contributed by atoms with van der Waals surface area (Å²) >= 11 is 3.62. The van der Waals surface area contributed by atoms with Crippen LogP contribution in [0.3, 0.4) is 0 Å². The Kier molecular flexibility index (Phi) is 14.3. The second-order valence-electron chi connectivity index (χ2n) is 11.0. The number of fused-ring (bicyclic) bond motifs is 2. The van der Waals surface area contributed by atoms with Gasteiger partial charge < -0.3 is 10.5 Å². The monoisotopic (exact) mass is 723 g/mol. The fourth-order valence-corrected chi connectivity index (χ4v) is 8.50. The smallest absolute Gasteiger partial charge is 0.870 e. The van der Waals surface area contributed by atoms with Crippen molar-refractivity contribution >= 4 is 67.4 Å². The molecule has 1 aliphatic rings. The molecule has 0 unspecified atom stereocenters. The number of aliphatic imine (C=N–C) groups is 1. The first-order chi connectivity index (χ1) is 23.0. The van der Waals surface area contributed by atoms with Crippen LogP contribution in [0, 0.1) is 0 Å². The van der Waals surface area contributed by atoms with E-state index in [0.717, 1.165) is 57.9 Å². The van der Waals surface area contributed by atoms with E-state index in [4.69, 9.17) is 0 Å². The Hall–Kier alpha value is -3.17. The molecule has 14 heteroatoms. The molecule has 6 heterocycles. The quantitative estimate of drug-likeness (QED) is 0.0981. The average molecular weight is 724 g/mol. The molecule has 0 amide bonds. The summed E-state index contributed by atoms with van der Waals surface area (Å²) in [7, 11) is -3.75. The van der Waals surface area contributed by atoms with Crippen LogP contribution in [-0.2, 0) is 10.0 Å². The molecule has 1 aliphatic heterocycles. The Balaban J connectivity index is 0.000000226. The Morgan fingerprint density at radius 1 is 0.878 bits per heavy atom. The molecule has 10 nitrogen and oxygen atoms in total. The molecule has 49 heavy (non-hydrogen) atoms. The first-order valence-electron chi connectivity index (χ1n) is 15.7. The number of hydrogen-bond donors (Lipinski definition) is 2. The van der Waals surface area contributed by atoms with Gasteiger partial charge in [0.15, 0.2) is 5.65 Å². The molecule has 0 radical (unpaired) electrons. The number of unbranched alkanes of at least 4 members (excludes halogenated alkanes) is 2. The summed E-state index contributed by atoms with van der Waals surface area (Å²) in [6, 6.07) is 12.7. The first kappa shape index (κ1) is 38.6. The number of nitrogens with zero attached hydrogens (tertiary/aromatic N) is 5. The van der Waals surface area contributed by atoms with E-state index in [-0.39, 0.29) is 39.9 Å². The van der Waals surface area contributed by atoms with Crippen LogP contribution in [0.4, 0.5) is 0 Å². The summed E-state index contributed by atoms with van der Waals surface area (Å²) in [6.45, 7) is 5.17. The van der Waals surface area contributed by atoms with Crippen molar-refractivity contribution < 1.29 is 43.5 Å². The molecule has 250 valence electrons. The minimum absolute atomic E-state index is 0. The molecule has 0 aliphatic carbocycles. The van der Waals surface area contributed by atoms with E-state index < -0.39 is 10.0 Å². The topological polar surface area (TPSA) is 152 Å². The molecule has 0 saturated heterocycles. The van der Waals surface area contributed by atoms with Crippen molar-refractivity contribution in [3.8, 4) is 11.1 Å². The molecule has 5 aromatic heterocycles. The van der Waals surface area contributed by atoms with Gasteiger partial charge in [0.1, 0.15) is 5.65 Å². The molecular weight excluding hydrogens is 686 g/mol. The third-order valence-corrected chi connectivity index (χ3v) is 11.5. The van der Waals surface area contributed by atoms with Crippen LogP contribution < -0.4 is 29.6 Å². The maximum absolute atomic E-state index is 13.2. The number of rotatable bonds is 12. The molecule has 0 fully saturated rings. The summed E-state index contributed by atoms with van der Waals surface area (Å²) in [6.07, 6.45) is 19.7. The van der Waals surface area contributed by atoms with Crippen LogP contribution in [-0.4, -0.2) is 67.3 Å². The van der Waals surface area contributed by atoms with Crippen molar-refractivity contribution in [1.29, 1.82) is 0 Å². The van der Waals surface area contributed by atoms with Gasteiger partial charge in [0.05, 0.1) is 17.6 Å². The van der Waals surface area contributed by atoms with Gasteiger partial charge in [-0.1, -0.05) is 51.0 Å². The van der Waals surface area contributed by atoms with Gasteiger partial charge in [0.2, 0.25) is 0 Å². The van der Waals surface area contributed by atoms with E-state index >= 15 is 0 Å². The predicted octanol–water partition coefficient (Wildman–Crippen LogP) is 5.31. The Morgan fingerprint density at radius 2 is 1.57 bits per heavy atom. The van der Waals surface area contributed by atoms with Crippen LogP contribution in [0.25, 0.3) is 38.8 Å². The first-order valence-corrected chi connectivity index (χ1v) is 19.1. The number of nitrogens with one attached hydrogen (secondary N) is 2. The van der Waals surface area contributed by atoms with Crippen molar-refractivity contribution in [2.45, 2.75) is 54.2 Å². The molecular formula is C35H38N7NaO3S3. The predicted molar refractivity (Wildman–Crippen MR) is 197 cm³/mol. The second-order valence-corrected chi connectivity index (χ2v) is 15.2. The van der Waals surface area contributed by atoms with E-state index in [2.05, 4.69) is 56.1 Å². The van der Waals surface area contributed by atoms with Gasteiger partial charge in [-0.15, -0.1) is 23.5 Å². The molecule has 1 aromatic carbocycles. The Morgan fingerprint density at radius 3 is 2.20 bits per heavy atom. The molecule has 0 saturated carbocycles. The number of aromatic amines is 2. The number of allylic oxidation sites excluding steroid dienone is 1. The largest absolute Gasteiger partial charge is 1.00 e. The molecule has 0 atom stereocenters. The molecule has 6 aromatic rings. The zero-order valence-electron chi connectivity index (χ0n) is 27.8. The summed E-state index contributed by atoms with van der Waals surface area (Å²) in [5.74, 6) is 2.17. The molecule has 7 rings (SSSR count). The van der Waals surface area contributed by atoms with Crippen molar-refractivity contribution in [3.63, 3.8) is 0 Å². The molecule has 0 bridgehead atoms. The van der Waals surface area contributed by atoms with Gasteiger partial charge in [0, 0.05) is 74.5 Å². The minimum Gasteiger partial charge on any atom is -0.870 e. The fraction of sp³-hybridized carbons (Fsp3) is 0.257. The van der Waals surface area contributed by atoms with Gasteiger partial charge in [-0.25, -0.2) is 22.4 Å². The summed E-state index contributed by atoms with van der Waals surface area (Å²) in [5.41, 5.74) is 5.39. The van der Waals surface area contributed by atoms with E-state index in [0.29, 0.717) is 5.65 Å². The summed E-state index contributed by atoms with van der Waals surface area (Å²) in [5, 5.41) is 8.79. The van der Waals surface area contributed by atoms with Crippen LogP contribution in [0.5, 0.6) is 0 Å². The minimum atomic E-state index is -3.75. The Bertz CT molecular complexity index is 2130. The van der Waals surface area contributed by atoms with Crippen LogP contribution in [0.2, 0.25) is 0 Å². The van der Waals surface area contributed by atoms with E-state index in [1.54, 1.807) is 66.9 Å². The third-order valence-electron chi connectivity index (χ3n) is 7.69. The van der Waals surface area contributed by atoms with Crippen LogP contribution in [0.1, 0.15) is 45.1 Å². The van der Waals surface area contributed by atoms with Crippen molar-refractivity contribution in [2.75, 3.05) is 18.1 Å². The maximum atomic E-state index is 13.2. The van der Waals surface area contributed by atoms with Gasteiger partial charge >= 0.3 is 29.6 Å². The normalized spacial score (nSPS) is 12.3. The molecule has 3 N–H and O–H groups in total. The SMILES string of the molecule is CCCCSc1cnc2[nH]cc(C3=CCN=C3)c2c1.CCCCSc1cnc2c(c1)c(-c1cn[nH]c1)cn2S(=O)(=O)c1ccccc1.[Na+].[OH-]. The Labute approximate surface area is 317 Å². The third kappa shape index (κ3) is 8.95. The standard InChI is InChI=1S/C20H20N4O2S2.C15H17N3S.Na.H2O/c1-2-3-9-27-16-10-18-19(15-11-22-23-12-15)14-24(20(18)21-13-16)28(25,26)17-7-5-4-6-8-17;1-2-3-6-19-12-7-13-14(11-4-5-16-8-11)10-18-15(13)17-9-12;;/h4-8,10-14H,2-3,9H2,1H3,(H,22,23);4,7-10H,2-3,5-6H2,1H3,(H,17,18);;1H2/q;;+1;/p-1. The number of pyridine rings is 2. The molecule has 0 spiro atoms.